The van der Waals surface area contributed by atoms with Crippen molar-refractivity contribution in [1.82, 2.24) is 0 Å². The van der Waals surface area contributed by atoms with E-state index in [0.29, 0.717) is 17.5 Å². The van der Waals surface area contributed by atoms with Crippen molar-refractivity contribution < 1.29 is 13.2 Å². The summed E-state index contributed by atoms with van der Waals surface area (Å²) >= 11 is 0. The minimum Gasteiger partial charge on any atom is -0.399 e. The van der Waals surface area contributed by atoms with Gasteiger partial charge in [0.2, 0.25) is 0 Å². The van der Waals surface area contributed by atoms with Crippen molar-refractivity contribution in [3.05, 3.63) is 88.0 Å². The summed E-state index contributed by atoms with van der Waals surface area (Å²) < 4.78 is 41.1. The molecule has 2 atom stereocenters. The molecule has 0 heterocycles. The first-order valence-corrected chi connectivity index (χ1v) is 16.2. The first-order valence-electron chi connectivity index (χ1n) is 16.2. The molecule has 2 aromatic carbocycles. The molecule has 42 heavy (non-hydrogen) atoms. The number of rotatable bonds is 9. The third-order valence-electron chi connectivity index (χ3n) is 8.22. The molecule has 0 spiro atoms. The van der Waals surface area contributed by atoms with Gasteiger partial charge < -0.3 is 5.73 Å². The molecule has 0 radical (unpaired) electrons. The maximum absolute atomic E-state index is 15.3. The van der Waals surface area contributed by atoms with Crippen molar-refractivity contribution in [1.29, 1.82) is 0 Å². The second-order valence-corrected chi connectivity index (χ2v) is 11.8. The first kappa shape index (κ1) is 35.4. The van der Waals surface area contributed by atoms with Gasteiger partial charge in [-0.25, -0.2) is 8.78 Å². The number of benzene rings is 2. The summed E-state index contributed by atoms with van der Waals surface area (Å²) in [6.07, 6.45) is 17.0. The van der Waals surface area contributed by atoms with E-state index in [-0.39, 0.29) is 24.2 Å². The normalized spacial score (nSPS) is 16.8. The number of alkyl halides is 1. The fraction of sp³-hybridized carbons (Fsp3) is 0.526. The van der Waals surface area contributed by atoms with Crippen molar-refractivity contribution in [2.45, 2.75) is 112 Å². The lowest BCUT2D eigenvalue weighted by Crippen LogP contribution is -2.08. The maximum Gasteiger partial charge on any atom is 0.131 e. The van der Waals surface area contributed by atoms with Crippen LogP contribution in [0.5, 0.6) is 0 Å². The predicted molar refractivity (Wildman–Crippen MR) is 177 cm³/mol. The Morgan fingerprint density at radius 1 is 0.929 bits per heavy atom. The molecule has 4 rings (SSSR count). The van der Waals surface area contributed by atoms with Crippen LogP contribution in [0.3, 0.4) is 0 Å². The zero-order valence-electron chi connectivity index (χ0n) is 27.0. The molecule has 0 aromatic heterocycles. The van der Waals surface area contributed by atoms with Crippen molar-refractivity contribution in [3.8, 4) is 0 Å². The third-order valence-corrected chi connectivity index (χ3v) is 8.22. The van der Waals surface area contributed by atoms with Crippen LogP contribution in [-0.2, 0) is 12.8 Å². The van der Waals surface area contributed by atoms with Crippen LogP contribution in [0.15, 0.2) is 54.1 Å². The van der Waals surface area contributed by atoms with Gasteiger partial charge in [-0.05, 0) is 103 Å². The molecule has 2 unspecified atom stereocenters. The number of halogens is 3. The van der Waals surface area contributed by atoms with Gasteiger partial charge in [-0.15, -0.1) is 0 Å². The molecule has 232 valence electrons. The molecule has 0 fully saturated rings. The van der Waals surface area contributed by atoms with Crippen molar-refractivity contribution in [2.75, 3.05) is 12.4 Å². The number of fused-ring (bicyclic) bond motifs is 1. The van der Waals surface area contributed by atoms with Gasteiger partial charge in [0.05, 0.1) is 6.67 Å². The van der Waals surface area contributed by atoms with Crippen LogP contribution < -0.4 is 5.73 Å². The van der Waals surface area contributed by atoms with Crippen LogP contribution in [0.2, 0.25) is 0 Å². The molecule has 0 saturated carbocycles. The molecular formula is C38H54F3N. The molecule has 2 aliphatic rings. The highest BCUT2D eigenvalue weighted by Crippen LogP contribution is 2.44. The Morgan fingerprint density at radius 2 is 1.69 bits per heavy atom. The lowest BCUT2D eigenvalue weighted by Gasteiger charge is -2.24. The van der Waals surface area contributed by atoms with Gasteiger partial charge in [-0.2, -0.15) is 0 Å². The first-order chi connectivity index (χ1) is 20.2. The zero-order valence-corrected chi connectivity index (χ0v) is 27.0. The van der Waals surface area contributed by atoms with E-state index < -0.39 is 0 Å². The van der Waals surface area contributed by atoms with Gasteiger partial charge >= 0.3 is 0 Å². The number of nitrogen functional groups attached to an aromatic ring is 1. The zero-order chi connectivity index (χ0) is 31.1. The van der Waals surface area contributed by atoms with Gasteiger partial charge in [0, 0.05) is 17.2 Å². The maximum atomic E-state index is 15.3. The van der Waals surface area contributed by atoms with E-state index in [9.17, 15) is 8.78 Å². The summed E-state index contributed by atoms with van der Waals surface area (Å²) in [7, 11) is 0. The van der Waals surface area contributed by atoms with Crippen LogP contribution in [-0.4, -0.2) is 6.67 Å². The number of hydrogen-bond donors (Lipinski definition) is 1. The third kappa shape index (κ3) is 10.5. The van der Waals surface area contributed by atoms with Gasteiger partial charge in [0.15, 0.2) is 0 Å². The predicted octanol–water partition coefficient (Wildman–Crippen LogP) is 11.9. The number of aryl methyl sites for hydroxylation is 2. The second kappa shape index (κ2) is 18.7. The van der Waals surface area contributed by atoms with Gasteiger partial charge in [-0.1, -0.05) is 96.6 Å². The molecule has 0 bridgehead atoms. The Hall–Kier alpha value is -2.75. The van der Waals surface area contributed by atoms with Gasteiger partial charge in [0.25, 0.3) is 0 Å². The molecule has 2 aliphatic carbocycles. The standard InChI is InChI=1S/C27H29F2N.C7H16.C4H9F/c1-3-5-20-15-26(29)24(16-25(20)28)23-7-4-6-19-14-21(30)12-13-22(19)27(23)18-10-8-17(2)9-11-18;1-4-6-7(3)5-2;1-2-3-4-5/h8-10,12-16,18H,3-7,11,30H2,1-2H3;7H,4-6H2,1-3H3;2-4H2,1H3. The van der Waals surface area contributed by atoms with E-state index in [4.69, 9.17) is 5.73 Å². The molecule has 2 N–H and O–H groups in total. The van der Waals surface area contributed by atoms with Crippen LogP contribution in [0.25, 0.3) is 11.1 Å². The second-order valence-electron chi connectivity index (χ2n) is 11.8. The van der Waals surface area contributed by atoms with Crippen molar-refractivity contribution in [3.63, 3.8) is 0 Å². The molecule has 0 amide bonds. The quantitative estimate of drug-likeness (QED) is 0.293. The average Bonchev–Trinajstić information content (AvgIpc) is 3.15. The lowest BCUT2D eigenvalue weighted by atomic mass is 9.80. The Bertz CT molecular complexity index is 1210. The highest BCUT2D eigenvalue weighted by atomic mass is 19.1. The molecule has 2 aromatic rings. The summed E-state index contributed by atoms with van der Waals surface area (Å²) in [6, 6.07) is 8.83. The van der Waals surface area contributed by atoms with E-state index in [1.807, 2.05) is 26.0 Å². The molecule has 4 heteroatoms. The fourth-order valence-electron chi connectivity index (χ4n) is 5.59. The van der Waals surface area contributed by atoms with E-state index in [1.165, 1.54) is 42.5 Å². The van der Waals surface area contributed by atoms with Crippen LogP contribution in [0.4, 0.5) is 18.9 Å². The highest BCUT2D eigenvalue weighted by Gasteiger charge is 2.26. The van der Waals surface area contributed by atoms with E-state index >= 15 is 4.39 Å². The number of anilines is 1. The lowest BCUT2D eigenvalue weighted by molar-refractivity contribution is 0.469. The number of allylic oxidation sites excluding steroid dienone is 6. The topological polar surface area (TPSA) is 26.0 Å². The average molecular weight is 582 g/mol. The molecule has 0 saturated heterocycles. The summed E-state index contributed by atoms with van der Waals surface area (Å²) in [4.78, 5) is 0. The van der Waals surface area contributed by atoms with Gasteiger partial charge in [0.1, 0.15) is 11.6 Å². The monoisotopic (exact) mass is 581 g/mol. The van der Waals surface area contributed by atoms with Crippen molar-refractivity contribution in [2.24, 2.45) is 11.8 Å². The number of hydrogen-bond acceptors (Lipinski definition) is 1. The van der Waals surface area contributed by atoms with Crippen LogP contribution in [0, 0.1) is 23.5 Å². The highest BCUT2D eigenvalue weighted by molar-refractivity contribution is 5.94. The Kier molecular flexibility index (Phi) is 15.8. The largest absolute Gasteiger partial charge is 0.399 e. The molecular weight excluding hydrogens is 527 g/mol. The minimum absolute atomic E-state index is 0.141. The van der Waals surface area contributed by atoms with Gasteiger partial charge in [-0.3, -0.25) is 4.39 Å². The number of nitrogens with two attached hydrogens (primary N) is 1. The van der Waals surface area contributed by atoms with Crippen LogP contribution in [0.1, 0.15) is 122 Å². The summed E-state index contributed by atoms with van der Waals surface area (Å²) in [5, 5.41) is 0. The van der Waals surface area contributed by atoms with Crippen molar-refractivity contribution >= 4 is 16.8 Å². The SMILES string of the molecule is CCCC(C)CC.CCCCF.CCCc1cc(F)c(C2=C(C3C=CC(C)=CC3)c3ccc(N)cc3CCC2)cc1F. The minimum atomic E-state index is -0.322. The molecule has 1 nitrogen and oxygen atoms in total. The fourth-order valence-corrected chi connectivity index (χ4v) is 5.59. The van der Waals surface area contributed by atoms with E-state index in [2.05, 4.69) is 52.0 Å². The Labute approximate surface area is 254 Å². The summed E-state index contributed by atoms with van der Waals surface area (Å²) in [5.41, 5.74) is 13.3. The Morgan fingerprint density at radius 3 is 2.24 bits per heavy atom. The smallest absolute Gasteiger partial charge is 0.131 e. The van der Waals surface area contributed by atoms with E-state index in [0.717, 1.165) is 73.3 Å². The Balaban J connectivity index is 0.000000434. The molecule has 0 aliphatic heterocycles. The van der Waals surface area contributed by atoms with E-state index in [1.54, 1.807) is 0 Å². The summed E-state index contributed by atoms with van der Waals surface area (Å²) in [6.45, 7) is 12.7. The summed E-state index contributed by atoms with van der Waals surface area (Å²) in [5.74, 6) is 0.460. The van der Waals surface area contributed by atoms with Crippen LogP contribution >= 0.6 is 0 Å². The number of unbranched alkanes of at least 4 members (excludes halogenated alkanes) is 1.